The minimum atomic E-state index is 0.397. The Morgan fingerprint density at radius 1 is 1.29 bits per heavy atom. The lowest BCUT2D eigenvalue weighted by atomic mass is 9.91. The van der Waals surface area contributed by atoms with E-state index in [0.29, 0.717) is 12.1 Å². The average Bonchev–Trinajstić information content (AvgIpc) is 2.51. The number of benzene rings is 1. The highest BCUT2D eigenvalue weighted by Crippen LogP contribution is 2.26. The van der Waals surface area contributed by atoms with Crippen LogP contribution in [0.15, 0.2) is 24.3 Å². The Hall–Kier alpha value is -1.06. The molecule has 0 spiro atoms. The summed E-state index contributed by atoms with van der Waals surface area (Å²) in [5.74, 6) is 1.73. The van der Waals surface area contributed by atoms with Crippen molar-refractivity contribution in [3.63, 3.8) is 0 Å². The zero-order valence-electron chi connectivity index (χ0n) is 13.9. The number of hydrogen-bond acceptors (Lipinski definition) is 3. The fourth-order valence-corrected chi connectivity index (χ4v) is 3.28. The second-order valence-electron chi connectivity index (χ2n) is 6.24. The van der Waals surface area contributed by atoms with Gasteiger partial charge in [-0.15, -0.1) is 0 Å². The summed E-state index contributed by atoms with van der Waals surface area (Å²) in [6, 6.07) is 9.56. The van der Waals surface area contributed by atoms with Crippen LogP contribution in [0.1, 0.15) is 45.2 Å². The monoisotopic (exact) mass is 290 g/mol. The van der Waals surface area contributed by atoms with E-state index in [1.165, 1.54) is 24.9 Å². The van der Waals surface area contributed by atoms with Crippen LogP contribution in [0, 0.1) is 5.92 Å². The quantitative estimate of drug-likeness (QED) is 0.868. The molecule has 0 radical (unpaired) electrons. The van der Waals surface area contributed by atoms with Crippen LogP contribution in [-0.4, -0.2) is 37.7 Å². The molecule has 1 saturated heterocycles. The molecule has 0 aliphatic carbocycles. The average molecular weight is 290 g/mol. The smallest absolute Gasteiger partial charge is 0.118 e. The molecule has 118 valence electrons. The molecule has 1 aliphatic rings. The number of likely N-dealkylation sites (N-methyl/N-ethyl adjacent to an activating group) is 1. The molecule has 1 fully saturated rings. The van der Waals surface area contributed by atoms with Crippen molar-refractivity contribution >= 4 is 0 Å². The van der Waals surface area contributed by atoms with Gasteiger partial charge in [-0.1, -0.05) is 26.0 Å². The highest BCUT2D eigenvalue weighted by atomic mass is 16.5. The molecule has 1 aliphatic heterocycles. The molecule has 3 unspecified atom stereocenters. The molecular formula is C18H30N2O. The lowest BCUT2D eigenvalue weighted by Crippen LogP contribution is -2.46. The molecule has 21 heavy (non-hydrogen) atoms. The van der Waals surface area contributed by atoms with E-state index in [-0.39, 0.29) is 0 Å². The van der Waals surface area contributed by atoms with Gasteiger partial charge in [0.05, 0.1) is 7.11 Å². The Kier molecular flexibility index (Phi) is 6.07. The van der Waals surface area contributed by atoms with Gasteiger partial charge in [-0.05, 0) is 56.5 Å². The maximum absolute atomic E-state index is 5.26. The highest BCUT2D eigenvalue weighted by Gasteiger charge is 2.26. The fraction of sp³-hybridized carbons (Fsp3) is 0.667. The van der Waals surface area contributed by atoms with E-state index in [0.717, 1.165) is 24.8 Å². The molecule has 1 aromatic carbocycles. The predicted octanol–water partition coefficient (Wildman–Crippen LogP) is 3.47. The van der Waals surface area contributed by atoms with E-state index in [1.807, 2.05) is 0 Å². The molecular weight excluding hydrogens is 260 g/mol. The maximum atomic E-state index is 5.26. The van der Waals surface area contributed by atoms with E-state index < -0.39 is 0 Å². The summed E-state index contributed by atoms with van der Waals surface area (Å²) in [5.41, 5.74) is 1.35. The Morgan fingerprint density at radius 2 is 2.00 bits per heavy atom. The molecule has 1 N–H and O–H groups in total. The van der Waals surface area contributed by atoms with Crippen LogP contribution in [0.4, 0.5) is 0 Å². The van der Waals surface area contributed by atoms with Gasteiger partial charge in [-0.2, -0.15) is 0 Å². The standard InChI is InChI=1S/C18H30N2O/c1-5-19-18(16-8-10-17(21-4)11-9-16)13-20-12-6-7-14(2)15(20)3/h8-11,14-15,18-19H,5-7,12-13H2,1-4H3. The molecule has 1 aromatic rings. The van der Waals surface area contributed by atoms with E-state index in [9.17, 15) is 0 Å². The van der Waals surface area contributed by atoms with Crippen molar-refractivity contribution in [3.05, 3.63) is 29.8 Å². The first kappa shape index (κ1) is 16.3. The number of nitrogens with zero attached hydrogens (tertiary/aromatic N) is 1. The van der Waals surface area contributed by atoms with Crippen molar-refractivity contribution in [1.29, 1.82) is 0 Å². The summed E-state index contributed by atoms with van der Waals surface area (Å²) in [5, 5.41) is 3.64. The molecule has 0 amide bonds. The van der Waals surface area contributed by atoms with Gasteiger partial charge in [0.15, 0.2) is 0 Å². The first-order valence-corrected chi connectivity index (χ1v) is 8.27. The third kappa shape index (κ3) is 4.21. The number of hydrogen-bond donors (Lipinski definition) is 1. The van der Waals surface area contributed by atoms with E-state index >= 15 is 0 Å². The maximum Gasteiger partial charge on any atom is 0.118 e. The first-order chi connectivity index (χ1) is 10.2. The SMILES string of the molecule is CCNC(CN1CCCC(C)C1C)c1ccc(OC)cc1. The summed E-state index contributed by atoms with van der Waals surface area (Å²) in [6.07, 6.45) is 2.69. The van der Waals surface area contributed by atoms with Gasteiger partial charge in [0, 0.05) is 18.6 Å². The third-order valence-electron chi connectivity index (χ3n) is 4.89. The first-order valence-electron chi connectivity index (χ1n) is 8.27. The second kappa shape index (κ2) is 7.81. The Morgan fingerprint density at radius 3 is 2.62 bits per heavy atom. The summed E-state index contributed by atoms with van der Waals surface area (Å²) in [6.45, 7) is 10.2. The van der Waals surface area contributed by atoms with Gasteiger partial charge >= 0.3 is 0 Å². The molecule has 1 heterocycles. The van der Waals surface area contributed by atoms with Gasteiger partial charge in [-0.3, -0.25) is 4.90 Å². The van der Waals surface area contributed by atoms with Crippen molar-refractivity contribution in [2.45, 2.75) is 45.7 Å². The number of likely N-dealkylation sites (tertiary alicyclic amines) is 1. The van der Waals surface area contributed by atoms with Crippen molar-refractivity contribution in [2.24, 2.45) is 5.92 Å². The molecule has 2 rings (SSSR count). The largest absolute Gasteiger partial charge is 0.497 e. The lowest BCUT2D eigenvalue weighted by Gasteiger charge is -2.40. The normalized spacial score (nSPS) is 24.8. The zero-order valence-corrected chi connectivity index (χ0v) is 13.9. The van der Waals surface area contributed by atoms with Gasteiger partial charge < -0.3 is 10.1 Å². The molecule has 3 atom stereocenters. The van der Waals surface area contributed by atoms with Crippen LogP contribution >= 0.6 is 0 Å². The fourth-order valence-electron chi connectivity index (χ4n) is 3.28. The minimum absolute atomic E-state index is 0.397. The van der Waals surface area contributed by atoms with E-state index in [2.05, 4.69) is 55.3 Å². The summed E-state index contributed by atoms with van der Waals surface area (Å²) in [4.78, 5) is 2.64. The zero-order chi connectivity index (χ0) is 15.2. The lowest BCUT2D eigenvalue weighted by molar-refractivity contribution is 0.102. The van der Waals surface area contributed by atoms with Crippen molar-refractivity contribution in [1.82, 2.24) is 10.2 Å². The number of rotatable bonds is 6. The van der Waals surface area contributed by atoms with Crippen LogP contribution in [0.25, 0.3) is 0 Å². The van der Waals surface area contributed by atoms with Crippen LogP contribution in [-0.2, 0) is 0 Å². The number of methoxy groups -OCH3 is 1. The Balaban J connectivity index is 2.07. The van der Waals surface area contributed by atoms with Gasteiger partial charge in [0.25, 0.3) is 0 Å². The summed E-state index contributed by atoms with van der Waals surface area (Å²) < 4.78 is 5.26. The number of piperidine rings is 1. The van der Waals surface area contributed by atoms with Gasteiger partial charge in [0.2, 0.25) is 0 Å². The topological polar surface area (TPSA) is 24.5 Å². The predicted molar refractivity (Wildman–Crippen MR) is 88.8 cm³/mol. The van der Waals surface area contributed by atoms with Crippen molar-refractivity contribution in [2.75, 3.05) is 26.7 Å². The number of ether oxygens (including phenoxy) is 1. The van der Waals surface area contributed by atoms with Crippen LogP contribution < -0.4 is 10.1 Å². The van der Waals surface area contributed by atoms with Crippen LogP contribution in [0.5, 0.6) is 5.75 Å². The van der Waals surface area contributed by atoms with Gasteiger partial charge in [-0.25, -0.2) is 0 Å². The van der Waals surface area contributed by atoms with E-state index in [4.69, 9.17) is 4.74 Å². The van der Waals surface area contributed by atoms with Crippen molar-refractivity contribution in [3.8, 4) is 5.75 Å². The minimum Gasteiger partial charge on any atom is -0.497 e. The van der Waals surface area contributed by atoms with E-state index in [1.54, 1.807) is 7.11 Å². The van der Waals surface area contributed by atoms with Crippen LogP contribution in [0.2, 0.25) is 0 Å². The Bertz CT molecular complexity index is 418. The third-order valence-corrected chi connectivity index (χ3v) is 4.89. The molecule has 0 aromatic heterocycles. The molecule has 0 saturated carbocycles. The number of nitrogens with one attached hydrogen (secondary N) is 1. The highest BCUT2D eigenvalue weighted by molar-refractivity contribution is 5.29. The van der Waals surface area contributed by atoms with Crippen LogP contribution in [0.3, 0.4) is 0 Å². The second-order valence-corrected chi connectivity index (χ2v) is 6.24. The van der Waals surface area contributed by atoms with Gasteiger partial charge in [0.1, 0.15) is 5.75 Å². The Labute approximate surface area is 129 Å². The van der Waals surface area contributed by atoms with Crippen molar-refractivity contribution < 1.29 is 4.74 Å². The molecule has 3 heteroatoms. The molecule has 0 bridgehead atoms. The molecule has 3 nitrogen and oxygen atoms in total. The summed E-state index contributed by atoms with van der Waals surface area (Å²) >= 11 is 0. The summed E-state index contributed by atoms with van der Waals surface area (Å²) in [7, 11) is 1.72.